The van der Waals surface area contributed by atoms with Crippen molar-refractivity contribution in [1.29, 1.82) is 0 Å². The molecule has 0 unspecified atom stereocenters. The molecule has 1 fully saturated rings. The monoisotopic (exact) mass is 275 g/mol. The van der Waals surface area contributed by atoms with Gasteiger partial charge in [0, 0.05) is 17.5 Å². The Kier molecular flexibility index (Phi) is 3.03. The number of hydrogen-bond donors (Lipinski definition) is 1. The average molecular weight is 276 g/mol. The third-order valence-corrected chi connectivity index (χ3v) is 3.46. The first-order valence-electron chi connectivity index (χ1n) is 6.16. The van der Waals surface area contributed by atoms with Gasteiger partial charge in [-0.15, -0.1) is 0 Å². The molecule has 98 valence electrons. The van der Waals surface area contributed by atoms with E-state index in [0.717, 1.165) is 29.9 Å². The van der Waals surface area contributed by atoms with Gasteiger partial charge < -0.3 is 10.5 Å². The van der Waals surface area contributed by atoms with E-state index in [1.165, 1.54) is 0 Å². The van der Waals surface area contributed by atoms with Crippen LogP contribution in [0.3, 0.4) is 0 Å². The highest BCUT2D eigenvalue weighted by atomic mass is 35.5. The molecule has 5 heteroatoms. The van der Waals surface area contributed by atoms with Crippen LogP contribution in [0.15, 0.2) is 24.3 Å². The van der Waals surface area contributed by atoms with Crippen LogP contribution >= 0.6 is 11.6 Å². The van der Waals surface area contributed by atoms with Crippen molar-refractivity contribution in [1.82, 2.24) is 9.97 Å². The third kappa shape index (κ3) is 2.49. The molecule has 0 radical (unpaired) electrons. The van der Waals surface area contributed by atoms with Crippen LogP contribution in [0.5, 0.6) is 5.75 Å². The van der Waals surface area contributed by atoms with Crippen molar-refractivity contribution in [2.75, 3.05) is 12.8 Å². The third-order valence-electron chi connectivity index (χ3n) is 3.15. The molecule has 0 spiro atoms. The summed E-state index contributed by atoms with van der Waals surface area (Å²) in [6, 6.07) is 7.34. The summed E-state index contributed by atoms with van der Waals surface area (Å²) in [5, 5.41) is 0.579. The molecule has 0 bridgehead atoms. The fraction of sp³-hybridized carbons (Fsp3) is 0.286. The van der Waals surface area contributed by atoms with Crippen LogP contribution in [-0.4, -0.2) is 17.1 Å². The highest BCUT2D eigenvalue weighted by Crippen LogP contribution is 2.39. The van der Waals surface area contributed by atoms with Gasteiger partial charge in [0.1, 0.15) is 17.4 Å². The Morgan fingerprint density at radius 3 is 2.74 bits per heavy atom. The summed E-state index contributed by atoms with van der Waals surface area (Å²) >= 11 is 6.02. The number of hydrogen-bond acceptors (Lipinski definition) is 4. The Morgan fingerprint density at radius 2 is 2.05 bits per heavy atom. The maximum Gasteiger partial charge on any atom is 0.138 e. The maximum atomic E-state index is 6.02. The Balaban J connectivity index is 2.05. The number of halogens is 1. The van der Waals surface area contributed by atoms with Crippen LogP contribution in [0, 0.1) is 0 Å². The number of benzene rings is 1. The van der Waals surface area contributed by atoms with E-state index in [2.05, 4.69) is 9.97 Å². The molecule has 3 rings (SSSR count). The standard InChI is InChI=1S/C14H14ClN3O/c1-19-12-6-9(4-5-10(12)15)11-7-13(16)18-14(17-11)8-2-3-8/h4-8H,2-3H2,1H3,(H2,16,17,18). The summed E-state index contributed by atoms with van der Waals surface area (Å²) in [4.78, 5) is 8.87. The van der Waals surface area contributed by atoms with Crippen molar-refractivity contribution in [2.45, 2.75) is 18.8 Å². The molecule has 1 aromatic carbocycles. The predicted molar refractivity (Wildman–Crippen MR) is 75.4 cm³/mol. The van der Waals surface area contributed by atoms with Gasteiger partial charge in [-0.2, -0.15) is 0 Å². The molecule has 1 aromatic heterocycles. The molecule has 4 nitrogen and oxygen atoms in total. The second kappa shape index (κ2) is 4.70. The highest BCUT2D eigenvalue weighted by Gasteiger charge is 2.27. The first kappa shape index (κ1) is 12.2. The topological polar surface area (TPSA) is 61.0 Å². The minimum Gasteiger partial charge on any atom is -0.495 e. The van der Waals surface area contributed by atoms with Crippen molar-refractivity contribution in [3.05, 3.63) is 35.1 Å². The van der Waals surface area contributed by atoms with Crippen molar-refractivity contribution in [3.63, 3.8) is 0 Å². The molecule has 19 heavy (non-hydrogen) atoms. The van der Waals surface area contributed by atoms with Crippen LogP contribution in [0.25, 0.3) is 11.3 Å². The summed E-state index contributed by atoms with van der Waals surface area (Å²) < 4.78 is 5.22. The van der Waals surface area contributed by atoms with Crippen LogP contribution in [0.1, 0.15) is 24.6 Å². The van der Waals surface area contributed by atoms with E-state index >= 15 is 0 Å². The molecule has 2 aromatic rings. The summed E-state index contributed by atoms with van der Waals surface area (Å²) in [5.41, 5.74) is 7.59. The number of nitrogens with zero attached hydrogens (tertiary/aromatic N) is 2. The first-order valence-corrected chi connectivity index (χ1v) is 6.53. The van der Waals surface area contributed by atoms with Gasteiger partial charge in [0.2, 0.25) is 0 Å². The largest absolute Gasteiger partial charge is 0.495 e. The lowest BCUT2D eigenvalue weighted by Gasteiger charge is -2.08. The number of nitrogen functional groups attached to an aromatic ring is 1. The zero-order chi connectivity index (χ0) is 13.4. The summed E-state index contributed by atoms with van der Waals surface area (Å²) in [7, 11) is 1.59. The van der Waals surface area contributed by atoms with Crippen molar-refractivity contribution < 1.29 is 4.74 Å². The molecule has 2 N–H and O–H groups in total. The van der Waals surface area contributed by atoms with Gasteiger partial charge in [-0.1, -0.05) is 17.7 Å². The van der Waals surface area contributed by atoms with Crippen molar-refractivity contribution in [3.8, 4) is 17.0 Å². The molecule has 1 saturated carbocycles. The number of methoxy groups -OCH3 is 1. The van der Waals surface area contributed by atoms with Crippen LogP contribution < -0.4 is 10.5 Å². The lowest BCUT2D eigenvalue weighted by Crippen LogP contribution is -2.00. The van der Waals surface area contributed by atoms with Crippen LogP contribution in [-0.2, 0) is 0 Å². The van der Waals surface area contributed by atoms with Crippen LogP contribution in [0.4, 0.5) is 5.82 Å². The molecular weight excluding hydrogens is 262 g/mol. The number of aromatic nitrogens is 2. The van der Waals surface area contributed by atoms with E-state index in [9.17, 15) is 0 Å². The van der Waals surface area contributed by atoms with E-state index in [0.29, 0.717) is 22.5 Å². The molecule has 1 heterocycles. The minimum atomic E-state index is 0.469. The van der Waals surface area contributed by atoms with Gasteiger partial charge in [0.05, 0.1) is 17.8 Å². The Hall–Kier alpha value is -1.81. The molecule has 0 aliphatic heterocycles. The van der Waals surface area contributed by atoms with Gasteiger partial charge in [0.15, 0.2) is 0 Å². The second-order valence-electron chi connectivity index (χ2n) is 4.66. The minimum absolute atomic E-state index is 0.469. The van der Waals surface area contributed by atoms with Gasteiger partial charge >= 0.3 is 0 Å². The van der Waals surface area contributed by atoms with Gasteiger partial charge in [0.25, 0.3) is 0 Å². The number of ether oxygens (including phenoxy) is 1. The quantitative estimate of drug-likeness (QED) is 0.934. The van der Waals surface area contributed by atoms with Gasteiger partial charge in [-0.05, 0) is 25.0 Å². The Labute approximate surface area is 116 Å². The molecule has 0 amide bonds. The molecular formula is C14H14ClN3O. The second-order valence-corrected chi connectivity index (χ2v) is 5.07. The molecule has 1 aliphatic rings. The summed E-state index contributed by atoms with van der Waals surface area (Å²) in [6.07, 6.45) is 2.29. The normalized spacial score (nSPS) is 14.4. The number of rotatable bonds is 3. The summed E-state index contributed by atoms with van der Waals surface area (Å²) in [5.74, 6) is 2.44. The number of anilines is 1. The van der Waals surface area contributed by atoms with Crippen molar-refractivity contribution >= 4 is 17.4 Å². The van der Waals surface area contributed by atoms with E-state index in [-0.39, 0.29) is 0 Å². The zero-order valence-electron chi connectivity index (χ0n) is 10.6. The van der Waals surface area contributed by atoms with Gasteiger partial charge in [-0.25, -0.2) is 9.97 Å². The molecule has 1 aliphatic carbocycles. The fourth-order valence-electron chi connectivity index (χ4n) is 1.98. The SMILES string of the molecule is COc1cc(-c2cc(N)nc(C3CC3)n2)ccc1Cl. The molecule has 0 atom stereocenters. The maximum absolute atomic E-state index is 6.02. The van der Waals surface area contributed by atoms with E-state index in [1.807, 2.05) is 12.1 Å². The smallest absolute Gasteiger partial charge is 0.138 e. The average Bonchev–Trinajstić information content (AvgIpc) is 3.23. The summed E-state index contributed by atoms with van der Waals surface area (Å²) in [6.45, 7) is 0. The lowest BCUT2D eigenvalue weighted by molar-refractivity contribution is 0.415. The molecule has 0 saturated heterocycles. The fourth-order valence-corrected chi connectivity index (χ4v) is 2.17. The Morgan fingerprint density at radius 1 is 1.26 bits per heavy atom. The van der Waals surface area contributed by atoms with Crippen LogP contribution in [0.2, 0.25) is 5.02 Å². The highest BCUT2D eigenvalue weighted by molar-refractivity contribution is 6.32. The lowest BCUT2D eigenvalue weighted by atomic mass is 10.1. The van der Waals surface area contributed by atoms with E-state index < -0.39 is 0 Å². The number of nitrogens with two attached hydrogens (primary N) is 1. The predicted octanol–water partition coefficient (Wildman–Crippen LogP) is 3.27. The van der Waals surface area contributed by atoms with Crippen molar-refractivity contribution in [2.24, 2.45) is 0 Å². The Bertz CT molecular complexity index is 626. The first-order chi connectivity index (χ1) is 9.17. The van der Waals surface area contributed by atoms with E-state index in [4.69, 9.17) is 22.1 Å². The van der Waals surface area contributed by atoms with Gasteiger partial charge in [-0.3, -0.25) is 0 Å². The zero-order valence-corrected chi connectivity index (χ0v) is 11.3. The van der Waals surface area contributed by atoms with E-state index in [1.54, 1.807) is 19.2 Å².